The highest BCUT2D eigenvalue weighted by atomic mass is 79.9. The van der Waals surface area contributed by atoms with Gasteiger partial charge in [-0.1, -0.05) is 6.92 Å². The van der Waals surface area contributed by atoms with Crippen LogP contribution in [0.5, 0.6) is 0 Å². The number of carbonyl (C=O) groups excluding carboxylic acids is 1. The van der Waals surface area contributed by atoms with E-state index in [4.69, 9.17) is 5.26 Å². The Bertz CT molecular complexity index is 454. The molecule has 1 unspecified atom stereocenters. The van der Waals surface area contributed by atoms with Crippen LogP contribution in [0.15, 0.2) is 22.7 Å². The van der Waals surface area contributed by atoms with E-state index in [2.05, 4.69) is 26.6 Å². The van der Waals surface area contributed by atoms with E-state index >= 15 is 0 Å². The third kappa shape index (κ3) is 3.84. The number of nitriles is 1. The number of nitrogens with zero attached hydrogens (tertiary/aromatic N) is 1. The summed E-state index contributed by atoms with van der Waals surface area (Å²) in [5, 5.41) is 14.5. The maximum absolute atomic E-state index is 11.8. The van der Waals surface area contributed by atoms with E-state index in [0.29, 0.717) is 22.3 Å². The summed E-state index contributed by atoms with van der Waals surface area (Å²) in [6.45, 7) is 2.48. The Hall–Kier alpha value is -1.38. The number of hydrogen-bond acceptors (Lipinski definition) is 3. The number of rotatable bonds is 4. The van der Waals surface area contributed by atoms with Crippen molar-refractivity contribution in [1.29, 1.82) is 5.26 Å². The van der Waals surface area contributed by atoms with Gasteiger partial charge in [-0.3, -0.25) is 4.79 Å². The molecule has 1 aromatic carbocycles. The zero-order valence-corrected chi connectivity index (χ0v) is 11.3. The molecule has 0 fully saturated rings. The van der Waals surface area contributed by atoms with E-state index in [1.807, 2.05) is 13.0 Å². The highest BCUT2D eigenvalue weighted by Crippen LogP contribution is 2.23. The number of hydrogen-bond donors (Lipinski definition) is 2. The van der Waals surface area contributed by atoms with Gasteiger partial charge in [-0.2, -0.15) is 5.26 Å². The van der Waals surface area contributed by atoms with Crippen LogP contribution in [0, 0.1) is 17.2 Å². The molecule has 0 saturated carbocycles. The molecule has 4 nitrogen and oxygen atoms in total. The normalized spacial score (nSPS) is 11.6. The smallest absolute Gasteiger partial charge is 0.228 e. The van der Waals surface area contributed by atoms with Gasteiger partial charge in [0.2, 0.25) is 5.91 Å². The van der Waals surface area contributed by atoms with Crippen LogP contribution in [0.3, 0.4) is 0 Å². The van der Waals surface area contributed by atoms with Gasteiger partial charge in [-0.25, -0.2) is 0 Å². The van der Waals surface area contributed by atoms with Crippen molar-refractivity contribution in [2.24, 2.45) is 5.92 Å². The predicted octanol–water partition coefficient (Wildman–Crippen LogP) is 2.11. The monoisotopic (exact) mass is 295 g/mol. The molecule has 17 heavy (non-hydrogen) atoms. The minimum Gasteiger partial charge on any atom is -0.325 e. The van der Waals surface area contributed by atoms with Gasteiger partial charge >= 0.3 is 0 Å². The summed E-state index contributed by atoms with van der Waals surface area (Å²) in [5.41, 5.74) is 1.23. The zero-order valence-electron chi connectivity index (χ0n) is 9.75. The summed E-state index contributed by atoms with van der Waals surface area (Å²) in [5.74, 6) is -0.160. The van der Waals surface area contributed by atoms with Gasteiger partial charge in [0.1, 0.15) is 0 Å². The van der Waals surface area contributed by atoms with Crippen LogP contribution >= 0.6 is 15.9 Å². The molecular weight excluding hydrogens is 282 g/mol. The van der Waals surface area contributed by atoms with Gasteiger partial charge in [-0.15, -0.1) is 0 Å². The number of carbonyl (C=O) groups is 1. The van der Waals surface area contributed by atoms with Crippen LogP contribution in [0.4, 0.5) is 5.69 Å². The summed E-state index contributed by atoms with van der Waals surface area (Å²) < 4.78 is 0.710. The number of anilines is 1. The Morgan fingerprint density at radius 2 is 2.29 bits per heavy atom. The molecule has 0 radical (unpaired) electrons. The van der Waals surface area contributed by atoms with Crippen LogP contribution in [0.2, 0.25) is 0 Å². The van der Waals surface area contributed by atoms with E-state index in [0.717, 1.165) is 0 Å². The second-order valence-electron chi connectivity index (χ2n) is 3.75. The maximum atomic E-state index is 11.8. The van der Waals surface area contributed by atoms with Crippen molar-refractivity contribution in [2.45, 2.75) is 6.92 Å². The number of nitrogens with one attached hydrogen (secondary N) is 2. The van der Waals surface area contributed by atoms with E-state index in [1.165, 1.54) is 0 Å². The number of benzene rings is 1. The highest BCUT2D eigenvalue weighted by Gasteiger charge is 2.13. The second kappa shape index (κ2) is 6.38. The molecule has 0 aliphatic rings. The molecule has 5 heteroatoms. The SMILES string of the molecule is CNCC(C)C(=O)Nc1ccc(C#N)cc1Br. The minimum absolute atomic E-state index is 0.0512. The summed E-state index contributed by atoms with van der Waals surface area (Å²) in [7, 11) is 1.81. The van der Waals surface area contributed by atoms with Gasteiger partial charge in [0, 0.05) is 16.9 Å². The summed E-state index contributed by atoms with van der Waals surface area (Å²) in [4.78, 5) is 11.8. The first-order valence-electron chi connectivity index (χ1n) is 5.23. The Balaban J connectivity index is 2.76. The predicted molar refractivity (Wildman–Crippen MR) is 70.6 cm³/mol. The van der Waals surface area contributed by atoms with Crippen molar-refractivity contribution >= 4 is 27.5 Å². The fraction of sp³-hybridized carbons (Fsp3) is 0.333. The molecule has 0 aliphatic carbocycles. The molecule has 90 valence electrons. The Morgan fingerprint density at radius 3 is 2.82 bits per heavy atom. The quantitative estimate of drug-likeness (QED) is 0.894. The van der Waals surface area contributed by atoms with E-state index in [9.17, 15) is 4.79 Å². The number of amides is 1. The van der Waals surface area contributed by atoms with Crippen LogP contribution in [0.1, 0.15) is 12.5 Å². The molecule has 1 aromatic rings. The second-order valence-corrected chi connectivity index (χ2v) is 4.61. The lowest BCUT2D eigenvalue weighted by Crippen LogP contribution is -2.28. The Labute approximate surface area is 109 Å². The molecule has 1 rings (SSSR count). The molecule has 0 saturated heterocycles. The molecule has 2 N–H and O–H groups in total. The van der Waals surface area contributed by atoms with Crippen molar-refractivity contribution in [3.8, 4) is 6.07 Å². The van der Waals surface area contributed by atoms with E-state index in [-0.39, 0.29) is 11.8 Å². The lowest BCUT2D eigenvalue weighted by Gasteiger charge is -2.12. The van der Waals surface area contributed by atoms with Crippen LogP contribution in [-0.2, 0) is 4.79 Å². The van der Waals surface area contributed by atoms with Crippen LogP contribution in [0.25, 0.3) is 0 Å². The summed E-state index contributed by atoms with van der Waals surface area (Å²) >= 11 is 3.32. The van der Waals surface area contributed by atoms with E-state index in [1.54, 1.807) is 25.2 Å². The van der Waals surface area contributed by atoms with Gasteiger partial charge < -0.3 is 10.6 Å². The lowest BCUT2D eigenvalue weighted by molar-refractivity contribution is -0.119. The van der Waals surface area contributed by atoms with Crippen molar-refractivity contribution in [3.63, 3.8) is 0 Å². The molecule has 0 bridgehead atoms. The molecular formula is C12H14BrN3O. The maximum Gasteiger partial charge on any atom is 0.228 e. The van der Waals surface area contributed by atoms with Crippen LogP contribution in [-0.4, -0.2) is 19.5 Å². The first kappa shape index (κ1) is 13.7. The Kier molecular flexibility index (Phi) is 5.13. The van der Waals surface area contributed by atoms with Crippen molar-refractivity contribution in [3.05, 3.63) is 28.2 Å². The topological polar surface area (TPSA) is 64.9 Å². The fourth-order valence-corrected chi connectivity index (χ4v) is 1.82. The molecule has 1 amide bonds. The molecule has 0 spiro atoms. The highest BCUT2D eigenvalue weighted by molar-refractivity contribution is 9.10. The third-order valence-electron chi connectivity index (χ3n) is 2.31. The standard InChI is InChI=1S/C12H14BrN3O/c1-8(7-15-2)12(17)16-11-4-3-9(6-14)5-10(11)13/h3-5,8,15H,7H2,1-2H3,(H,16,17). The average molecular weight is 296 g/mol. The van der Waals surface area contributed by atoms with Gasteiger partial charge in [0.25, 0.3) is 0 Å². The molecule has 0 aromatic heterocycles. The summed E-state index contributed by atoms with van der Waals surface area (Å²) in [6, 6.07) is 7.10. The average Bonchev–Trinajstić information content (AvgIpc) is 2.31. The molecule has 1 atom stereocenters. The first-order chi connectivity index (χ1) is 8.08. The molecule has 0 heterocycles. The first-order valence-corrected chi connectivity index (χ1v) is 6.03. The van der Waals surface area contributed by atoms with Crippen LogP contribution < -0.4 is 10.6 Å². The fourth-order valence-electron chi connectivity index (χ4n) is 1.34. The lowest BCUT2D eigenvalue weighted by atomic mass is 10.1. The summed E-state index contributed by atoms with van der Waals surface area (Å²) in [6.07, 6.45) is 0. The van der Waals surface area contributed by atoms with Crippen molar-refractivity contribution in [2.75, 3.05) is 18.9 Å². The van der Waals surface area contributed by atoms with Gasteiger partial charge in [0.15, 0.2) is 0 Å². The molecule has 0 aliphatic heterocycles. The largest absolute Gasteiger partial charge is 0.325 e. The van der Waals surface area contributed by atoms with Crippen molar-refractivity contribution < 1.29 is 4.79 Å². The minimum atomic E-state index is -0.109. The van der Waals surface area contributed by atoms with E-state index < -0.39 is 0 Å². The van der Waals surface area contributed by atoms with Crippen molar-refractivity contribution in [1.82, 2.24) is 5.32 Å². The Morgan fingerprint density at radius 1 is 1.59 bits per heavy atom. The van der Waals surface area contributed by atoms with Gasteiger partial charge in [0.05, 0.1) is 17.3 Å². The number of halogens is 1. The van der Waals surface area contributed by atoms with Gasteiger partial charge in [-0.05, 0) is 41.2 Å². The third-order valence-corrected chi connectivity index (χ3v) is 2.97. The zero-order chi connectivity index (χ0) is 12.8.